The predicted octanol–water partition coefficient (Wildman–Crippen LogP) is 1.43. The van der Waals surface area contributed by atoms with Gasteiger partial charge in [-0.2, -0.15) is 4.39 Å². The molecule has 0 aliphatic carbocycles. The monoisotopic (exact) mass is 452 g/mol. The molecule has 33 heavy (non-hydrogen) atoms. The Bertz CT molecular complexity index is 1210. The molecule has 4 rings (SSSR count). The van der Waals surface area contributed by atoms with Crippen LogP contribution in [-0.2, 0) is 6.54 Å². The number of nitrogens with zero attached hydrogens (tertiary/aromatic N) is 5. The molecule has 3 N–H and O–H groups in total. The van der Waals surface area contributed by atoms with E-state index in [1.165, 1.54) is 0 Å². The average Bonchev–Trinajstić information content (AvgIpc) is 2.82. The number of H-pyrrole nitrogens is 1. The Kier molecular flexibility index (Phi) is 6.59. The molecule has 10 nitrogen and oxygen atoms in total. The van der Waals surface area contributed by atoms with Crippen LogP contribution in [0.25, 0.3) is 0 Å². The summed E-state index contributed by atoms with van der Waals surface area (Å²) in [4.78, 5) is 42.6. The van der Waals surface area contributed by atoms with Gasteiger partial charge in [0.2, 0.25) is 11.8 Å². The van der Waals surface area contributed by atoms with E-state index < -0.39 is 11.4 Å². The van der Waals surface area contributed by atoms with Crippen LogP contribution in [0.5, 0.6) is 0 Å². The van der Waals surface area contributed by atoms with Gasteiger partial charge < -0.3 is 15.5 Å². The first-order valence-corrected chi connectivity index (χ1v) is 10.6. The van der Waals surface area contributed by atoms with E-state index in [0.717, 1.165) is 55.9 Å². The fourth-order valence-electron chi connectivity index (χ4n) is 3.75. The first kappa shape index (κ1) is 22.3. The number of anilines is 3. The van der Waals surface area contributed by atoms with E-state index in [2.05, 4.69) is 40.4 Å². The molecule has 0 radical (unpaired) electrons. The lowest BCUT2D eigenvalue weighted by atomic mass is 10.2. The summed E-state index contributed by atoms with van der Waals surface area (Å²) in [6.45, 7) is 6.09. The number of piperazine rings is 1. The van der Waals surface area contributed by atoms with Crippen LogP contribution in [0.1, 0.15) is 21.7 Å². The maximum absolute atomic E-state index is 13.1. The molecule has 0 atom stereocenters. The molecule has 1 saturated heterocycles. The van der Waals surface area contributed by atoms with Crippen molar-refractivity contribution in [1.82, 2.24) is 30.2 Å². The number of pyridine rings is 2. The van der Waals surface area contributed by atoms with Gasteiger partial charge in [0.25, 0.3) is 11.5 Å². The molecular weight excluding hydrogens is 427 g/mol. The van der Waals surface area contributed by atoms with Gasteiger partial charge in [-0.25, -0.2) is 15.0 Å². The highest BCUT2D eigenvalue weighted by Gasteiger charge is 2.20. The first-order chi connectivity index (χ1) is 15.9. The standard InChI is InChI=1S/C22H25FN8O2/c1-14-18(4-3-17(27-14)21(33)24-2)31-9-7-30(8-10-31)13-15-5-6-25-19(11-15)28-22-26-12-16(23)20(32)29-22/h3-6,11-12H,7-10,13H2,1-2H3,(H,24,33)(H2,25,26,28,29,32). The van der Waals surface area contributed by atoms with Crippen molar-refractivity contribution in [3.8, 4) is 0 Å². The van der Waals surface area contributed by atoms with E-state index in [1.54, 1.807) is 19.3 Å². The zero-order chi connectivity index (χ0) is 23.4. The van der Waals surface area contributed by atoms with E-state index in [-0.39, 0.29) is 11.9 Å². The summed E-state index contributed by atoms with van der Waals surface area (Å²) in [7, 11) is 1.59. The summed E-state index contributed by atoms with van der Waals surface area (Å²) in [6, 6.07) is 7.52. The smallest absolute Gasteiger partial charge is 0.288 e. The van der Waals surface area contributed by atoms with Crippen LogP contribution in [0, 0.1) is 12.7 Å². The topological polar surface area (TPSA) is 119 Å². The average molecular weight is 452 g/mol. The highest BCUT2D eigenvalue weighted by molar-refractivity contribution is 5.92. The maximum Gasteiger partial charge on any atom is 0.288 e. The van der Waals surface area contributed by atoms with Crippen molar-refractivity contribution in [2.45, 2.75) is 13.5 Å². The minimum absolute atomic E-state index is 0.131. The lowest BCUT2D eigenvalue weighted by Gasteiger charge is -2.36. The maximum atomic E-state index is 13.1. The predicted molar refractivity (Wildman–Crippen MR) is 122 cm³/mol. The molecule has 0 saturated carbocycles. The Labute approximate surface area is 189 Å². The van der Waals surface area contributed by atoms with Crippen molar-refractivity contribution in [2.24, 2.45) is 0 Å². The number of aromatic nitrogens is 4. The number of aryl methyl sites for hydroxylation is 1. The Hall–Kier alpha value is -3.86. The van der Waals surface area contributed by atoms with E-state index in [1.807, 2.05) is 25.1 Å². The molecule has 11 heteroatoms. The quantitative estimate of drug-likeness (QED) is 0.514. The largest absolute Gasteiger partial charge is 0.368 e. The zero-order valence-corrected chi connectivity index (χ0v) is 18.4. The zero-order valence-electron chi connectivity index (χ0n) is 18.4. The summed E-state index contributed by atoms with van der Waals surface area (Å²) in [6.07, 6.45) is 2.55. The van der Waals surface area contributed by atoms with Crippen molar-refractivity contribution < 1.29 is 9.18 Å². The molecule has 172 valence electrons. The summed E-state index contributed by atoms with van der Waals surface area (Å²) in [5, 5.41) is 5.49. The summed E-state index contributed by atoms with van der Waals surface area (Å²) in [5.74, 6) is -0.484. The van der Waals surface area contributed by atoms with E-state index in [9.17, 15) is 14.0 Å². The second-order valence-electron chi connectivity index (χ2n) is 7.73. The molecule has 1 aliphatic heterocycles. The molecule has 0 unspecified atom stereocenters. The van der Waals surface area contributed by atoms with Crippen LogP contribution in [0.2, 0.25) is 0 Å². The normalized spacial score (nSPS) is 14.2. The number of amides is 1. The second-order valence-corrected chi connectivity index (χ2v) is 7.73. The van der Waals surface area contributed by atoms with Gasteiger partial charge >= 0.3 is 0 Å². The molecule has 0 aromatic carbocycles. The number of carbonyl (C=O) groups is 1. The molecule has 1 fully saturated rings. The molecular formula is C22H25FN8O2. The highest BCUT2D eigenvalue weighted by Crippen LogP contribution is 2.21. The summed E-state index contributed by atoms with van der Waals surface area (Å²) < 4.78 is 13.1. The Balaban J connectivity index is 1.35. The summed E-state index contributed by atoms with van der Waals surface area (Å²) in [5.41, 5.74) is 2.51. The van der Waals surface area contributed by atoms with Crippen LogP contribution >= 0.6 is 0 Å². The third-order valence-corrected chi connectivity index (χ3v) is 5.46. The van der Waals surface area contributed by atoms with Crippen molar-refractivity contribution in [2.75, 3.05) is 43.4 Å². The molecule has 4 heterocycles. The number of hydrogen-bond acceptors (Lipinski definition) is 8. The minimum Gasteiger partial charge on any atom is -0.368 e. The Morgan fingerprint density at radius 1 is 1.18 bits per heavy atom. The van der Waals surface area contributed by atoms with Gasteiger partial charge in [-0.1, -0.05) is 0 Å². The fourth-order valence-corrected chi connectivity index (χ4v) is 3.75. The first-order valence-electron chi connectivity index (χ1n) is 10.6. The van der Waals surface area contributed by atoms with E-state index in [0.29, 0.717) is 11.5 Å². The van der Waals surface area contributed by atoms with Gasteiger partial charge in [0.15, 0.2) is 0 Å². The highest BCUT2D eigenvalue weighted by atomic mass is 19.1. The van der Waals surface area contributed by atoms with Gasteiger partial charge in [-0.15, -0.1) is 0 Å². The Morgan fingerprint density at radius 2 is 1.97 bits per heavy atom. The number of halogens is 1. The van der Waals surface area contributed by atoms with Crippen molar-refractivity contribution in [3.63, 3.8) is 0 Å². The van der Waals surface area contributed by atoms with Crippen molar-refractivity contribution in [3.05, 3.63) is 69.8 Å². The second kappa shape index (κ2) is 9.74. The number of rotatable bonds is 6. The molecule has 0 bridgehead atoms. The molecule has 3 aromatic heterocycles. The lowest BCUT2D eigenvalue weighted by molar-refractivity contribution is 0.0958. The fraction of sp³-hybridized carbons (Fsp3) is 0.318. The number of aromatic amines is 1. The minimum atomic E-state index is -0.935. The van der Waals surface area contributed by atoms with Gasteiger partial charge in [-0.05, 0) is 36.8 Å². The van der Waals surface area contributed by atoms with E-state index >= 15 is 0 Å². The van der Waals surface area contributed by atoms with Crippen molar-refractivity contribution in [1.29, 1.82) is 0 Å². The van der Waals surface area contributed by atoms with Crippen molar-refractivity contribution >= 4 is 23.4 Å². The number of carbonyl (C=O) groups excluding carboxylic acids is 1. The third kappa shape index (κ3) is 5.32. The van der Waals surface area contributed by atoms with Gasteiger partial charge in [-0.3, -0.25) is 19.5 Å². The SMILES string of the molecule is CNC(=O)c1ccc(N2CCN(Cc3ccnc(Nc4ncc(F)c(=O)[nH]4)c3)CC2)c(C)n1. The molecule has 1 aliphatic rings. The van der Waals surface area contributed by atoms with Gasteiger partial charge in [0.1, 0.15) is 11.5 Å². The van der Waals surface area contributed by atoms with Crippen LogP contribution in [-0.4, -0.2) is 64.0 Å². The third-order valence-electron chi connectivity index (χ3n) is 5.46. The van der Waals surface area contributed by atoms with Crippen LogP contribution in [0.4, 0.5) is 21.8 Å². The lowest BCUT2D eigenvalue weighted by Crippen LogP contribution is -2.46. The number of hydrogen-bond donors (Lipinski definition) is 3. The summed E-state index contributed by atoms with van der Waals surface area (Å²) >= 11 is 0. The molecule has 0 spiro atoms. The van der Waals surface area contributed by atoms with Crippen LogP contribution in [0.15, 0.2) is 41.5 Å². The van der Waals surface area contributed by atoms with Gasteiger partial charge in [0, 0.05) is 46.0 Å². The molecule has 3 aromatic rings. The number of nitrogens with one attached hydrogen (secondary N) is 3. The Morgan fingerprint density at radius 3 is 2.67 bits per heavy atom. The van der Waals surface area contributed by atoms with E-state index in [4.69, 9.17) is 0 Å². The van der Waals surface area contributed by atoms with Gasteiger partial charge in [0.05, 0.1) is 17.6 Å². The molecule has 1 amide bonds. The van der Waals surface area contributed by atoms with Crippen LogP contribution in [0.3, 0.4) is 0 Å². The van der Waals surface area contributed by atoms with Crippen LogP contribution < -0.4 is 21.1 Å².